The molecule has 2 aromatic carbocycles. The van der Waals surface area contributed by atoms with Crippen molar-refractivity contribution in [2.75, 3.05) is 0 Å². The fourth-order valence-corrected chi connectivity index (χ4v) is 2.70. The van der Waals surface area contributed by atoms with Gasteiger partial charge in [-0.05, 0) is 40.8 Å². The van der Waals surface area contributed by atoms with E-state index in [-0.39, 0.29) is 0 Å². The zero-order valence-corrected chi connectivity index (χ0v) is 12.5. The standard InChI is InChI=1S/C15H9IN4/c16-10-7-5-9(6-8-10)13-15-14(18-20-19-15)11-3-1-2-4-12(11)17-13/h1-8H,(H,18,19,20). The Morgan fingerprint density at radius 2 is 1.60 bits per heavy atom. The van der Waals surface area contributed by atoms with Gasteiger partial charge in [-0.1, -0.05) is 30.3 Å². The van der Waals surface area contributed by atoms with Crippen molar-refractivity contribution in [1.82, 2.24) is 20.4 Å². The number of hydrogen-bond acceptors (Lipinski definition) is 3. The molecule has 5 heteroatoms. The van der Waals surface area contributed by atoms with Gasteiger partial charge in [0.2, 0.25) is 0 Å². The van der Waals surface area contributed by atoms with Gasteiger partial charge in [-0.2, -0.15) is 15.4 Å². The summed E-state index contributed by atoms with van der Waals surface area (Å²) in [5, 5.41) is 12.3. The van der Waals surface area contributed by atoms with E-state index in [2.05, 4.69) is 62.3 Å². The van der Waals surface area contributed by atoms with Crippen LogP contribution in [0.15, 0.2) is 48.5 Å². The molecule has 0 spiro atoms. The van der Waals surface area contributed by atoms with Crippen molar-refractivity contribution in [2.24, 2.45) is 0 Å². The molecule has 20 heavy (non-hydrogen) atoms. The minimum absolute atomic E-state index is 0.810. The van der Waals surface area contributed by atoms with Crippen molar-refractivity contribution in [3.8, 4) is 11.3 Å². The minimum Gasteiger partial charge on any atom is -0.245 e. The number of halogens is 1. The van der Waals surface area contributed by atoms with Gasteiger partial charge in [-0.25, -0.2) is 4.98 Å². The van der Waals surface area contributed by atoms with Gasteiger partial charge in [0, 0.05) is 14.5 Å². The van der Waals surface area contributed by atoms with Crippen LogP contribution in [0.2, 0.25) is 0 Å². The highest BCUT2D eigenvalue weighted by molar-refractivity contribution is 14.1. The number of fused-ring (bicyclic) bond motifs is 3. The van der Waals surface area contributed by atoms with Gasteiger partial charge in [0.25, 0.3) is 0 Å². The Balaban J connectivity index is 2.11. The third kappa shape index (κ3) is 1.77. The molecule has 0 amide bonds. The van der Waals surface area contributed by atoms with Gasteiger partial charge in [0.15, 0.2) is 0 Å². The molecule has 0 unspecified atom stereocenters. The number of para-hydroxylation sites is 1. The first-order valence-electron chi connectivity index (χ1n) is 6.18. The molecule has 4 aromatic rings. The maximum Gasteiger partial charge on any atom is 0.139 e. The normalized spacial score (nSPS) is 11.2. The second kappa shape index (κ2) is 4.52. The molecule has 0 radical (unpaired) electrons. The largest absolute Gasteiger partial charge is 0.245 e. The zero-order valence-electron chi connectivity index (χ0n) is 10.3. The molecule has 0 aliphatic rings. The van der Waals surface area contributed by atoms with E-state index >= 15 is 0 Å². The number of aromatic nitrogens is 4. The van der Waals surface area contributed by atoms with Gasteiger partial charge < -0.3 is 0 Å². The van der Waals surface area contributed by atoms with Crippen LogP contribution in [0.5, 0.6) is 0 Å². The monoisotopic (exact) mass is 372 g/mol. The summed E-state index contributed by atoms with van der Waals surface area (Å²) >= 11 is 2.29. The lowest BCUT2D eigenvalue weighted by Gasteiger charge is -2.04. The summed E-state index contributed by atoms with van der Waals surface area (Å²) in [5.74, 6) is 0. The molecule has 2 heterocycles. The van der Waals surface area contributed by atoms with Crippen LogP contribution in [-0.2, 0) is 0 Å². The average molecular weight is 372 g/mol. The summed E-state index contributed by atoms with van der Waals surface area (Å²) in [5.41, 5.74) is 4.52. The Kier molecular flexibility index (Phi) is 2.66. The summed E-state index contributed by atoms with van der Waals surface area (Å²) < 4.78 is 1.20. The summed E-state index contributed by atoms with van der Waals surface area (Å²) in [4.78, 5) is 4.75. The molecule has 4 rings (SSSR count). The Bertz CT molecular complexity index is 912. The third-order valence-electron chi connectivity index (χ3n) is 3.28. The van der Waals surface area contributed by atoms with Crippen molar-refractivity contribution in [1.29, 1.82) is 0 Å². The highest BCUT2D eigenvalue weighted by Gasteiger charge is 2.13. The number of aromatic amines is 1. The summed E-state index contributed by atoms with van der Waals surface area (Å²) in [6.07, 6.45) is 0. The average Bonchev–Trinajstić information content (AvgIpc) is 2.97. The second-order valence-corrected chi connectivity index (χ2v) is 5.75. The van der Waals surface area contributed by atoms with Crippen LogP contribution >= 0.6 is 22.6 Å². The van der Waals surface area contributed by atoms with Gasteiger partial charge in [0.1, 0.15) is 16.7 Å². The number of hydrogen-bond donors (Lipinski definition) is 1. The molecule has 0 fully saturated rings. The maximum atomic E-state index is 4.75. The minimum atomic E-state index is 0.810. The summed E-state index contributed by atoms with van der Waals surface area (Å²) in [6.45, 7) is 0. The predicted octanol–water partition coefficient (Wildman–Crippen LogP) is 3.78. The van der Waals surface area contributed by atoms with Crippen LogP contribution in [0.4, 0.5) is 0 Å². The molecule has 0 aliphatic carbocycles. The number of nitrogens with one attached hydrogen (secondary N) is 1. The van der Waals surface area contributed by atoms with Crippen LogP contribution in [0.3, 0.4) is 0 Å². The van der Waals surface area contributed by atoms with Crippen molar-refractivity contribution < 1.29 is 0 Å². The van der Waals surface area contributed by atoms with Crippen molar-refractivity contribution in [2.45, 2.75) is 0 Å². The Hall–Kier alpha value is -2.02. The number of rotatable bonds is 1. The van der Waals surface area contributed by atoms with E-state index in [1.54, 1.807) is 0 Å². The van der Waals surface area contributed by atoms with Crippen LogP contribution in [0.1, 0.15) is 0 Å². The van der Waals surface area contributed by atoms with Crippen LogP contribution < -0.4 is 0 Å². The Morgan fingerprint density at radius 3 is 2.45 bits per heavy atom. The van der Waals surface area contributed by atoms with Crippen molar-refractivity contribution in [3.63, 3.8) is 0 Å². The SMILES string of the molecule is Ic1ccc(-c2nc3ccccc3c3n[nH]nc23)cc1. The Labute approximate surface area is 128 Å². The van der Waals surface area contributed by atoms with Crippen molar-refractivity contribution in [3.05, 3.63) is 52.1 Å². The quantitative estimate of drug-likeness (QED) is 0.518. The second-order valence-electron chi connectivity index (χ2n) is 4.51. The molecular weight excluding hydrogens is 363 g/mol. The number of nitrogens with zero attached hydrogens (tertiary/aromatic N) is 3. The molecule has 2 aromatic heterocycles. The first-order chi connectivity index (χ1) is 9.83. The molecule has 0 saturated heterocycles. The third-order valence-corrected chi connectivity index (χ3v) is 4.00. The fourth-order valence-electron chi connectivity index (χ4n) is 2.34. The number of H-pyrrole nitrogens is 1. The van der Waals surface area contributed by atoms with E-state index < -0.39 is 0 Å². The molecule has 0 atom stereocenters. The summed E-state index contributed by atoms with van der Waals surface area (Å²) in [7, 11) is 0. The highest BCUT2D eigenvalue weighted by Crippen LogP contribution is 2.29. The van der Waals surface area contributed by atoms with Crippen LogP contribution in [-0.4, -0.2) is 20.4 Å². The van der Waals surface area contributed by atoms with E-state index in [1.807, 2.05) is 24.3 Å². The van der Waals surface area contributed by atoms with E-state index in [9.17, 15) is 0 Å². The predicted molar refractivity (Wildman–Crippen MR) is 87.3 cm³/mol. The molecule has 0 bridgehead atoms. The lowest BCUT2D eigenvalue weighted by atomic mass is 10.1. The zero-order chi connectivity index (χ0) is 13.5. The van der Waals surface area contributed by atoms with Gasteiger partial charge in [0.05, 0.1) is 5.52 Å². The maximum absolute atomic E-state index is 4.75. The lowest BCUT2D eigenvalue weighted by molar-refractivity contribution is 0.960. The fraction of sp³-hybridized carbons (Fsp3) is 0. The molecule has 0 saturated carbocycles. The smallest absolute Gasteiger partial charge is 0.139 e. The Morgan fingerprint density at radius 1 is 0.850 bits per heavy atom. The molecular formula is C15H9IN4. The topological polar surface area (TPSA) is 54.5 Å². The van der Waals surface area contributed by atoms with Crippen LogP contribution in [0, 0.1) is 3.57 Å². The highest BCUT2D eigenvalue weighted by atomic mass is 127. The molecule has 4 nitrogen and oxygen atoms in total. The van der Waals surface area contributed by atoms with E-state index in [4.69, 9.17) is 4.98 Å². The summed E-state index contributed by atoms with van der Waals surface area (Å²) in [6, 6.07) is 16.3. The van der Waals surface area contributed by atoms with E-state index in [0.717, 1.165) is 33.2 Å². The first-order valence-corrected chi connectivity index (χ1v) is 7.26. The van der Waals surface area contributed by atoms with Crippen LogP contribution in [0.25, 0.3) is 33.2 Å². The molecule has 1 N–H and O–H groups in total. The number of pyridine rings is 1. The number of benzene rings is 2. The van der Waals surface area contributed by atoms with E-state index in [0.29, 0.717) is 0 Å². The first kappa shape index (κ1) is 11.8. The molecule has 96 valence electrons. The molecule has 0 aliphatic heterocycles. The lowest BCUT2D eigenvalue weighted by Crippen LogP contribution is -1.89. The van der Waals surface area contributed by atoms with Gasteiger partial charge in [-0.3, -0.25) is 0 Å². The van der Waals surface area contributed by atoms with Gasteiger partial charge >= 0.3 is 0 Å². The van der Waals surface area contributed by atoms with Gasteiger partial charge in [-0.15, -0.1) is 0 Å². The van der Waals surface area contributed by atoms with E-state index in [1.165, 1.54) is 3.57 Å². The van der Waals surface area contributed by atoms with Crippen molar-refractivity contribution >= 4 is 44.5 Å².